The summed E-state index contributed by atoms with van der Waals surface area (Å²) in [5, 5.41) is 2.83. The first-order valence-corrected chi connectivity index (χ1v) is 5.82. The number of nitrogens with zero attached hydrogens (tertiary/aromatic N) is 1. The first-order valence-electron chi connectivity index (χ1n) is 5.82. The summed E-state index contributed by atoms with van der Waals surface area (Å²) >= 11 is 0. The Labute approximate surface area is 98.3 Å². The van der Waals surface area contributed by atoms with Crippen molar-refractivity contribution in [2.45, 2.75) is 25.8 Å². The Morgan fingerprint density at radius 1 is 1.50 bits per heavy atom. The van der Waals surface area contributed by atoms with Crippen LogP contribution in [0.25, 0.3) is 0 Å². The molecule has 0 aliphatic rings. The Balaban J connectivity index is 3.53. The lowest BCUT2D eigenvalue weighted by molar-refractivity contribution is -0.122. The standard InChI is InChI=1S/C11H25N3O2/c1-4-5-10(12)11(15)13-6-7-14(2)8-9-16-3/h10H,4-9,12H2,1-3H3,(H,13,15). The Kier molecular flexibility index (Phi) is 9.18. The number of likely N-dealkylation sites (N-methyl/N-ethyl adjacent to an activating group) is 1. The molecular formula is C11H25N3O2. The maximum absolute atomic E-state index is 11.4. The van der Waals surface area contributed by atoms with Gasteiger partial charge in [0.05, 0.1) is 12.6 Å². The van der Waals surface area contributed by atoms with Gasteiger partial charge in [0, 0.05) is 26.7 Å². The molecule has 1 unspecified atom stereocenters. The van der Waals surface area contributed by atoms with Crippen LogP contribution in [0.3, 0.4) is 0 Å². The molecule has 0 saturated carbocycles. The Hall–Kier alpha value is -0.650. The summed E-state index contributed by atoms with van der Waals surface area (Å²) in [6, 6.07) is -0.366. The lowest BCUT2D eigenvalue weighted by Crippen LogP contribution is -2.43. The first-order chi connectivity index (χ1) is 7.61. The first kappa shape index (κ1) is 15.3. The molecule has 0 heterocycles. The van der Waals surface area contributed by atoms with Gasteiger partial charge in [0.2, 0.25) is 5.91 Å². The van der Waals surface area contributed by atoms with Crippen LogP contribution in [-0.2, 0) is 9.53 Å². The number of carbonyl (C=O) groups excluding carboxylic acids is 1. The van der Waals surface area contributed by atoms with E-state index >= 15 is 0 Å². The maximum Gasteiger partial charge on any atom is 0.236 e. The zero-order valence-electron chi connectivity index (χ0n) is 10.7. The lowest BCUT2D eigenvalue weighted by Gasteiger charge is -2.17. The molecule has 1 atom stereocenters. The molecule has 0 saturated heterocycles. The molecule has 0 aromatic carbocycles. The van der Waals surface area contributed by atoms with E-state index in [4.69, 9.17) is 10.5 Å². The molecule has 96 valence electrons. The number of methoxy groups -OCH3 is 1. The fraction of sp³-hybridized carbons (Fsp3) is 0.909. The largest absolute Gasteiger partial charge is 0.383 e. The topological polar surface area (TPSA) is 67.6 Å². The van der Waals surface area contributed by atoms with E-state index in [0.717, 1.165) is 25.9 Å². The summed E-state index contributed by atoms with van der Waals surface area (Å²) in [4.78, 5) is 13.6. The average Bonchev–Trinajstić information content (AvgIpc) is 2.26. The molecule has 5 nitrogen and oxygen atoms in total. The maximum atomic E-state index is 11.4. The molecule has 0 bridgehead atoms. The highest BCUT2D eigenvalue weighted by Gasteiger charge is 2.11. The van der Waals surface area contributed by atoms with Gasteiger partial charge in [0.25, 0.3) is 0 Å². The van der Waals surface area contributed by atoms with Crippen molar-refractivity contribution in [2.75, 3.05) is 40.4 Å². The molecule has 1 amide bonds. The highest BCUT2D eigenvalue weighted by Crippen LogP contribution is 1.92. The van der Waals surface area contributed by atoms with Crippen LogP contribution in [0.1, 0.15) is 19.8 Å². The molecule has 0 fully saturated rings. The van der Waals surface area contributed by atoms with E-state index in [9.17, 15) is 4.79 Å². The van der Waals surface area contributed by atoms with Crippen molar-refractivity contribution < 1.29 is 9.53 Å². The molecule has 0 aliphatic carbocycles. The van der Waals surface area contributed by atoms with Crippen LogP contribution in [0.2, 0.25) is 0 Å². The number of ether oxygens (including phenoxy) is 1. The number of rotatable bonds is 9. The van der Waals surface area contributed by atoms with Crippen molar-refractivity contribution in [3.8, 4) is 0 Å². The van der Waals surface area contributed by atoms with Crippen molar-refractivity contribution in [3.63, 3.8) is 0 Å². The number of nitrogens with one attached hydrogen (secondary N) is 1. The number of nitrogens with two attached hydrogens (primary N) is 1. The molecule has 0 radical (unpaired) electrons. The van der Waals surface area contributed by atoms with Crippen LogP contribution in [0.15, 0.2) is 0 Å². The molecule has 16 heavy (non-hydrogen) atoms. The molecule has 0 aromatic rings. The summed E-state index contributed by atoms with van der Waals surface area (Å²) < 4.78 is 4.96. The molecule has 3 N–H and O–H groups in total. The van der Waals surface area contributed by atoms with Crippen molar-refractivity contribution in [1.82, 2.24) is 10.2 Å². The second-order valence-electron chi connectivity index (χ2n) is 3.98. The van der Waals surface area contributed by atoms with Gasteiger partial charge >= 0.3 is 0 Å². The second kappa shape index (κ2) is 9.57. The number of hydrogen-bond acceptors (Lipinski definition) is 4. The van der Waals surface area contributed by atoms with Crippen LogP contribution >= 0.6 is 0 Å². The van der Waals surface area contributed by atoms with Crippen molar-refractivity contribution >= 4 is 5.91 Å². The van der Waals surface area contributed by atoms with E-state index in [0.29, 0.717) is 13.2 Å². The van der Waals surface area contributed by atoms with Gasteiger partial charge < -0.3 is 20.7 Å². The minimum absolute atomic E-state index is 0.0537. The smallest absolute Gasteiger partial charge is 0.236 e. The molecular weight excluding hydrogens is 206 g/mol. The van der Waals surface area contributed by atoms with Gasteiger partial charge in [-0.05, 0) is 13.5 Å². The molecule has 0 aromatic heterocycles. The van der Waals surface area contributed by atoms with Gasteiger partial charge in [0.15, 0.2) is 0 Å². The van der Waals surface area contributed by atoms with Crippen LogP contribution in [0.4, 0.5) is 0 Å². The van der Waals surface area contributed by atoms with Crippen molar-refractivity contribution in [1.29, 1.82) is 0 Å². The predicted octanol–water partition coefficient (Wildman–Crippen LogP) is -0.192. The van der Waals surface area contributed by atoms with Crippen LogP contribution < -0.4 is 11.1 Å². The van der Waals surface area contributed by atoms with Gasteiger partial charge in [-0.25, -0.2) is 0 Å². The highest BCUT2D eigenvalue weighted by molar-refractivity contribution is 5.81. The normalized spacial score (nSPS) is 12.8. The van der Waals surface area contributed by atoms with Crippen LogP contribution in [0, 0.1) is 0 Å². The van der Waals surface area contributed by atoms with Gasteiger partial charge in [-0.1, -0.05) is 13.3 Å². The van der Waals surface area contributed by atoms with Gasteiger partial charge in [-0.2, -0.15) is 0 Å². The van der Waals surface area contributed by atoms with E-state index in [1.54, 1.807) is 7.11 Å². The summed E-state index contributed by atoms with van der Waals surface area (Å²) in [6.45, 7) is 5.04. The van der Waals surface area contributed by atoms with E-state index in [-0.39, 0.29) is 11.9 Å². The zero-order valence-corrected chi connectivity index (χ0v) is 10.7. The number of hydrogen-bond donors (Lipinski definition) is 2. The van der Waals surface area contributed by atoms with E-state index in [1.807, 2.05) is 14.0 Å². The summed E-state index contributed by atoms with van der Waals surface area (Å²) in [5.74, 6) is -0.0537. The van der Waals surface area contributed by atoms with Gasteiger partial charge in [-0.15, -0.1) is 0 Å². The van der Waals surface area contributed by atoms with Gasteiger partial charge in [0.1, 0.15) is 0 Å². The Morgan fingerprint density at radius 3 is 2.75 bits per heavy atom. The van der Waals surface area contributed by atoms with E-state index in [2.05, 4.69) is 10.2 Å². The minimum Gasteiger partial charge on any atom is -0.383 e. The van der Waals surface area contributed by atoms with Crippen LogP contribution in [-0.4, -0.2) is 57.2 Å². The fourth-order valence-electron chi connectivity index (χ4n) is 1.30. The highest BCUT2D eigenvalue weighted by atomic mass is 16.5. The third kappa shape index (κ3) is 7.62. The van der Waals surface area contributed by atoms with E-state index in [1.165, 1.54) is 0 Å². The summed E-state index contributed by atoms with van der Waals surface area (Å²) in [7, 11) is 3.68. The molecule has 5 heteroatoms. The average molecular weight is 231 g/mol. The lowest BCUT2D eigenvalue weighted by atomic mass is 10.2. The van der Waals surface area contributed by atoms with Crippen molar-refractivity contribution in [2.24, 2.45) is 5.73 Å². The Morgan fingerprint density at radius 2 is 2.19 bits per heavy atom. The fourth-order valence-corrected chi connectivity index (χ4v) is 1.30. The minimum atomic E-state index is -0.366. The second-order valence-corrected chi connectivity index (χ2v) is 3.98. The van der Waals surface area contributed by atoms with E-state index < -0.39 is 0 Å². The zero-order chi connectivity index (χ0) is 12.4. The Bertz CT molecular complexity index is 188. The number of carbonyl (C=O) groups is 1. The molecule has 0 spiro atoms. The third-order valence-corrected chi connectivity index (χ3v) is 2.41. The predicted molar refractivity (Wildman–Crippen MR) is 65.3 cm³/mol. The SMILES string of the molecule is CCCC(N)C(=O)NCCN(C)CCOC. The monoisotopic (exact) mass is 231 g/mol. The van der Waals surface area contributed by atoms with Gasteiger partial charge in [-0.3, -0.25) is 4.79 Å². The van der Waals surface area contributed by atoms with Crippen LogP contribution in [0.5, 0.6) is 0 Å². The molecule has 0 rings (SSSR count). The summed E-state index contributed by atoms with van der Waals surface area (Å²) in [5.41, 5.74) is 5.68. The number of amides is 1. The quantitative estimate of drug-likeness (QED) is 0.577. The molecule has 0 aliphatic heterocycles. The van der Waals surface area contributed by atoms with Crippen molar-refractivity contribution in [3.05, 3.63) is 0 Å². The summed E-state index contributed by atoms with van der Waals surface area (Å²) in [6.07, 6.45) is 1.67. The third-order valence-electron chi connectivity index (χ3n) is 2.41.